The number of hydrogen-bond donors (Lipinski definition) is 2. The Kier molecular flexibility index (Phi) is 10.9. The largest absolute Gasteiger partial charge is 0.317 e. The van der Waals surface area contributed by atoms with Crippen LogP contribution < -0.4 is 10.6 Å². The number of nitrogens with one attached hydrogen (secondary N) is 2. The molecule has 0 saturated heterocycles. The van der Waals surface area contributed by atoms with Gasteiger partial charge in [-0.2, -0.15) is 0 Å². The molecule has 76 valence electrons. The van der Waals surface area contributed by atoms with E-state index in [1.807, 2.05) is 6.08 Å². The predicted octanol–water partition coefficient (Wildman–Crippen LogP) is 1.70. The van der Waals surface area contributed by atoms with Crippen LogP contribution in [-0.4, -0.2) is 26.2 Å². The molecule has 0 fully saturated rings. The summed E-state index contributed by atoms with van der Waals surface area (Å²) in [6.45, 7) is 9.96. The second kappa shape index (κ2) is 11.4. The summed E-state index contributed by atoms with van der Waals surface area (Å²) in [4.78, 5) is 0. The normalized spacial score (nSPS) is 9.62. The van der Waals surface area contributed by atoms with Gasteiger partial charge in [0.2, 0.25) is 0 Å². The fourth-order valence-electron chi connectivity index (χ4n) is 1.05. The third-order valence-electron chi connectivity index (χ3n) is 1.77. The van der Waals surface area contributed by atoms with Crippen LogP contribution in [0.3, 0.4) is 0 Å². The lowest BCUT2D eigenvalue weighted by molar-refractivity contribution is 0.594. The lowest BCUT2D eigenvalue weighted by Crippen LogP contribution is -2.19. The zero-order valence-electron chi connectivity index (χ0n) is 8.73. The molecule has 0 saturated carbocycles. The predicted molar refractivity (Wildman–Crippen MR) is 59.0 cm³/mol. The van der Waals surface area contributed by atoms with Crippen LogP contribution in [0.4, 0.5) is 0 Å². The minimum absolute atomic E-state index is 0.895. The SMILES string of the molecule is C=C=CCNCCCCNCCC. The fraction of sp³-hybridized carbons (Fsp3) is 0.727. The summed E-state index contributed by atoms with van der Waals surface area (Å²) in [5.74, 6) is 0. The van der Waals surface area contributed by atoms with Gasteiger partial charge in [0.15, 0.2) is 0 Å². The highest BCUT2D eigenvalue weighted by Crippen LogP contribution is 1.84. The maximum absolute atomic E-state index is 3.50. The van der Waals surface area contributed by atoms with Gasteiger partial charge in [-0.05, 0) is 45.0 Å². The van der Waals surface area contributed by atoms with E-state index in [2.05, 4.69) is 29.9 Å². The second-order valence-corrected chi connectivity index (χ2v) is 3.07. The number of unbranched alkanes of at least 4 members (excludes halogenated alkanes) is 1. The highest BCUT2D eigenvalue weighted by Gasteiger charge is 1.87. The van der Waals surface area contributed by atoms with Crippen molar-refractivity contribution in [3.8, 4) is 0 Å². The first-order valence-electron chi connectivity index (χ1n) is 5.17. The number of rotatable bonds is 9. The molecule has 2 N–H and O–H groups in total. The van der Waals surface area contributed by atoms with Crippen LogP contribution in [0.15, 0.2) is 18.4 Å². The second-order valence-electron chi connectivity index (χ2n) is 3.07. The summed E-state index contributed by atoms with van der Waals surface area (Å²) < 4.78 is 0. The average molecular weight is 182 g/mol. The molecule has 0 spiro atoms. The molecule has 0 aliphatic heterocycles. The molecule has 2 heteroatoms. The zero-order valence-corrected chi connectivity index (χ0v) is 8.73. The third kappa shape index (κ3) is 11.4. The average Bonchev–Trinajstić information content (AvgIpc) is 2.16. The summed E-state index contributed by atoms with van der Waals surface area (Å²) in [5, 5.41) is 6.67. The van der Waals surface area contributed by atoms with Crippen LogP contribution in [0.25, 0.3) is 0 Å². The molecule has 0 aliphatic rings. The first kappa shape index (κ1) is 12.4. The Morgan fingerprint density at radius 2 is 1.85 bits per heavy atom. The Balaban J connectivity index is 2.87. The Hall–Kier alpha value is -0.560. The van der Waals surface area contributed by atoms with Crippen LogP contribution in [0.5, 0.6) is 0 Å². The monoisotopic (exact) mass is 182 g/mol. The van der Waals surface area contributed by atoms with E-state index in [4.69, 9.17) is 0 Å². The smallest absolute Gasteiger partial charge is 0.0209 e. The van der Waals surface area contributed by atoms with Crippen molar-refractivity contribution in [1.82, 2.24) is 10.6 Å². The third-order valence-corrected chi connectivity index (χ3v) is 1.77. The first-order chi connectivity index (χ1) is 6.41. The van der Waals surface area contributed by atoms with E-state index in [1.165, 1.54) is 19.3 Å². The minimum Gasteiger partial charge on any atom is -0.317 e. The van der Waals surface area contributed by atoms with Crippen molar-refractivity contribution < 1.29 is 0 Å². The van der Waals surface area contributed by atoms with Crippen molar-refractivity contribution in [3.05, 3.63) is 18.4 Å². The molecule has 2 nitrogen and oxygen atoms in total. The lowest BCUT2D eigenvalue weighted by Gasteiger charge is -2.02. The van der Waals surface area contributed by atoms with Gasteiger partial charge in [0.25, 0.3) is 0 Å². The zero-order chi connectivity index (χ0) is 9.78. The van der Waals surface area contributed by atoms with Gasteiger partial charge in [0.05, 0.1) is 0 Å². The fourth-order valence-corrected chi connectivity index (χ4v) is 1.05. The molecule has 0 amide bonds. The van der Waals surface area contributed by atoms with Gasteiger partial charge >= 0.3 is 0 Å². The van der Waals surface area contributed by atoms with E-state index in [0.717, 1.165) is 26.2 Å². The van der Waals surface area contributed by atoms with Gasteiger partial charge < -0.3 is 10.6 Å². The molecule has 13 heavy (non-hydrogen) atoms. The van der Waals surface area contributed by atoms with E-state index in [1.54, 1.807) is 0 Å². The molecular formula is C11H22N2. The molecular weight excluding hydrogens is 160 g/mol. The van der Waals surface area contributed by atoms with E-state index < -0.39 is 0 Å². The van der Waals surface area contributed by atoms with Gasteiger partial charge in [-0.25, -0.2) is 0 Å². The molecule has 0 rings (SSSR count). The number of hydrogen-bond acceptors (Lipinski definition) is 2. The van der Waals surface area contributed by atoms with Crippen molar-refractivity contribution >= 4 is 0 Å². The summed E-state index contributed by atoms with van der Waals surface area (Å²) >= 11 is 0. The van der Waals surface area contributed by atoms with Crippen LogP contribution in [0.2, 0.25) is 0 Å². The molecule has 0 aromatic carbocycles. The summed E-state index contributed by atoms with van der Waals surface area (Å²) in [5.41, 5.74) is 2.74. The van der Waals surface area contributed by atoms with Crippen molar-refractivity contribution in [1.29, 1.82) is 0 Å². The van der Waals surface area contributed by atoms with Crippen LogP contribution in [0.1, 0.15) is 26.2 Å². The molecule has 0 radical (unpaired) electrons. The molecule has 0 aromatic heterocycles. The highest BCUT2D eigenvalue weighted by atomic mass is 14.9. The van der Waals surface area contributed by atoms with E-state index in [-0.39, 0.29) is 0 Å². The Morgan fingerprint density at radius 1 is 1.15 bits per heavy atom. The summed E-state index contributed by atoms with van der Waals surface area (Å²) in [6, 6.07) is 0. The van der Waals surface area contributed by atoms with Gasteiger partial charge in [-0.3, -0.25) is 0 Å². The molecule has 0 unspecified atom stereocenters. The van der Waals surface area contributed by atoms with Gasteiger partial charge in [0.1, 0.15) is 0 Å². The van der Waals surface area contributed by atoms with E-state index >= 15 is 0 Å². The molecule has 0 aliphatic carbocycles. The molecule has 0 aromatic rings. The van der Waals surface area contributed by atoms with Crippen molar-refractivity contribution in [2.24, 2.45) is 0 Å². The van der Waals surface area contributed by atoms with Crippen molar-refractivity contribution in [2.75, 3.05) is 26.2 Å². The highest BCUT2D eigenvalue weighted by molar-refractivity contribution is 4.77. The van der Waals surface area contributed by atoms with E-state index in [0.29, 0.717) is 0 Å². The Labute approximate surface area is 82.1 Å². The molecule has 0 atom stereocenters. The molecule has 0 bridgehead atoms. The summed E-state index contributed by atoms with van der Waals surface area (Å²) in [7, 11) is 0. The maximum Gasteiger partial charge on any atom is 0.0209 e. The molecule has 0 heterocycles. The van der Waals surface area contributed by atoms with Crippen molar-refractivity contribution in [3.63, 3.8) is 0 Å². The van der Waals surface area contributed by atoms with Gasteiger partial charge in [-0.1, -0.05) is 13.5 Å². The van der Waals surface area contributed by atoms with Crippen LogP contribution >= 0.6 is 0 Å². The standard InChI is InChI=1S/C11H22N2/c1-3-5-9-13-11-7-6-10-12-8-4-2/h5,12-13H,1,4,6-11H2,2H3. The van der Waals surface area contributed by atoms with Crippen molar-refractivity contribution in [2.45, 2.75) is 26.2 Å². The van der Waals surface area contributed by atoms with E-state index in [9.17, 15) is 0 Å². The topological polar surface area (TPSA) is 24.1 Å². The van der Waals surface area contributed by atoms with Crippen LogP contribution in [-0.2, 0) is 0 Å². The Morgan fingerprint density at radius 3 is 2.46 bits per heavy atom. The summed E-state index contributed by atoms with van der Waals surface area (Å²) in [6.07, 6.45) is 5.63. The quantitative estimate of drug-likeness (QED) is 0.419. The van der Waals surface area contributed by atoms with Gasteiger partial charge in [0, 0.05) is 6.54 Å². The lowest BCUT2D eigenvalue weighted by atomic mass is 10.3. The Bertz CT molecular complexity index is 137. The first-order valence-corrected chi connectivity index (χ1v) is 5.17. The minimum atomic E-state index is 0.895. The maximum atomic E-state index is 3.50. The van der Waals surface area contributed by atoms with Crippen LogP contribution in [0, 0.1) is 0 Å². The van der Waals surface area contributed by atoms with Gasteiger partial charge in [-0.15, -0.1) is 5.73 Å².